The van der Waals surface area contributed by atoms with E-state index >= 15 is 0 Å². The first-order valence-electron chi connectivity index (χ1n) is 12.7. The molecular formula is C30H30N4O4S. The van der Waals surface area contributed by atoms with E-state index in [0.717, 1.165) is 28.0 Å². The summed E-state index contributed by atoms with van der Waals surface area (Å²) in [5.74, 6) is 0.810. The molecule has 1 N–H and O–H groups in total. The van der Waals surface area contributed by atoms with Gasteiger partial charge in [-0.25, -0.2) is 5.01 Å². The molecule has 8 nitrogen and oxygen atoms in total. The van der Waals surface area contributed by atoms with Crippen molar-refractivity contribution in [3.8, 4) is 11.5 Å². The Morgan fingerprint density at radius 3 is 2.36 bits per heavy atom. The molecule has 0 spiro atoms. The number of nitrogens with zero attached hydrogens (tertiary/aromatic N) is 3. The fourth-order valence-electron chi connectivity index (χ4n) is 4.56. The number of anilines is 1. The molecule has 2 aliphatic heterocycles. The maximum atomic E-state index is 12.9. The quantitative estimate of drug-likeness (QED) is 0.424. The lowest BCUT2D eigenvalue weighted by molar-refractivity contribution is -0.121. The maximum absolute atomic E-state index is 12.9. The summed E-state index contributed by atoms with van der Waals surface area (Å²) < 4.78 is 11.1. The van der Waals surface area contributed by atoms with Gasteiger partial charge < -0.3 is 14.8 Å². The number of methoxy groups -OCH3 is 2. The maximum Gasteiger partial charge on any atom is 0.262 e. The minimum Gasteiger partial charge on any atom is -0.497 e. The number of benzene rings is 3. The Kier molecular flexibility index (Phi) is 7.70. The molecule has 3 aromatic rings. The monoisotopic (exact) mass is 542 g/mol. The number of hydrazone groups is 1. The Hall–Kier alpha value is -4.11. The van der Waals surface area contributed by atoms with Crippen molar-refractivity contribution in [2.75, 3.05) is 19.5 Å². The number of nitrogens with one attached hydrogen (secondary N) is 1. The van der Waals surface area contributed by atoms with Gasteiger partial charge in [-0.05, 0) is 49.7 Å². The van der Waals surface area contributed by atoms with Gasteiger partial charge in [0.1, 0.15) is 16.7 Å². The van der Waals surface area contributed by atoms with Gasteiger partial charge in [0, 0.05) is 24.1 Å². The highest BCUT2D eigenvalue weighted by Gasteiger charge is 2.39. The molecule has 5 rings (SSSR count). The zero-order valence-corrected chi connectivity index (χ0v) is 23.1. The highest BCUT2D eigenvalue weighted by atomic mass is 32.2. The van der Waals surface area contributed by atoms with E-state index in [1.165, 1.54) is 11.8 Å². The number of rotatable bonds is 7. The lowest BCUT2D eigenvalue weighted by Crippen LogP contribution is -2.25. The molecule has 2 aliphatic rings. The number of hydrogen-bond acceptors (Lipinski definition) is 7. The summed E-state index contributed by atoms with van der Waals surface area (Å²) >= 11 is 1.28. The third-order valence-electron chi connectivity index (χ3n) is 6.72. The summed E-state index contributed by atoms with van der Waals surface area (Å²) in [7, 11) is 3.24. The second kappa shape index (κ2) is 11.3. The first kappa shape index (κ1) is 26.5. The van der Waals surface area contributed by atoms with E-state index < -0.39 is 5.25 Å². The Morgan fingerprint density at radius 1 is 1.00 bits per heavy atom. The zero-order valence-electron chi connectivity index (χ0n) is 22.3. The molecule has 39 heavy (non-hydrogen) atoms. The topological polar surface area (TPSA) is 92.6 Å². The standard InChI is InChI=1S/C30H30N4O4S/c1-18-5-9-20(10-6-18)25-16-24(23-15-22(37-3)13-14-26(23)38-4)33-34(25)30-32-29(36)27(39-30)17-28(35)31-21-11-7-19(2)8-12-21/h5-15,25,27H,16-17H2,1-4H3,(H,31,35)/t25-,27+/m1/s1. The number of amidine groups is 1. The van der Waals surface area contributed by atoms with Crippen LogP contribution < -0.4 is 14.8 Å². The van der Waals surface area contributed by atoms with Crippen LogP contribution in [-0.2, 0) is 9.59 Å². The molecule has 9 heteroatoms. The molecule has 200 valence electrons. The Balaban J connectivity index is 1.40. The second-order valence-corrected chi connectivity index (χ2v) is 10.7. The van der Waals surface area contributed by atoms with Crippen LogP contribution in [0.5, 0.6) is 11.5 Å². The van der Waals surface area contributed by atoms with E-state index in [1.54, 1.807) is 19.2 Å². The average Bonchev–Trinajstić information content (AvgIpc) is 3.54. The summed E-state index contributed by atoms with van der Waals surface area (Å²) in [4.78, 5) is 30.0. The third kappa shape index (κ3) is 5.83. The van der Waals surface area contributed by atoms with Crippen LogP contribution in [0.2, 0.25) is 0 Å². The van der Waals surface area contributed by atoms with Crippen LogP contribution in [0.4, 0.5) is 5.69 Å². The van der Waals surface area contributed by atoms with Crippen molar-refractivity contribution in [2.24, 2.45) is 10.1 Å². The van der Waals surface area contributed by atoms with Crippen LogP contribution in [0.15, 0.2) is 76.8 Å². The smallest absolute Gasteiger partial charge is 0.262 e. The second-order valence-electron chi connectivity index (χ2n) is 9.55. The van der Waals surface area contributed by atoms with Crippen molar-refractivity contribution >= 4 is 40.1 Å². The molecule has 0 unspecified atom stereocenters. The fourth-order valence-corrected chi connectivity index (χ4v) is 5.62. The Bertz CT molecular complexity index is 1450. The van der Waals surface area contributed by atoms with Crippen LogP contribution in [-0.4, -0.2) is 47.2 Å². The molecule has 0 radical (unpaired) electrons. The summed E-state index contributed by atoms with van der Waals surface area (Å²) in [6, 6.07) is 21.2. The van der Waals surface area contributed by atoms with E-state index in [9.17, 15) is 9.59 Å². The van der Waals surface area contributed by atoms with Gasteiger partial charge in [-0.1, -0.05) is 59.3 Å². The Morgan fingerprint density at radius 2 is 1.69 bits per heavy atom. The van der Waals surface area contributed by atoms with Gasteiger partial charge in [-0.15, -0.1) is 0 Å². The predicted molar refractivity (Wildman–Crippen MR) is 155 cm³/mol. The molecule has 2 amide bonds. The normalized spacial score (nSPS) is 18.6. The van der Waals surface area contributed by atoms with Crippen LogP contribution in [0.1, 0.15) is 41.1 Å². The predicted octanol–water partition coefficient (Wildman–Crippen LogP) is 5.50. The molecule has 2 atom stereocenters. The number of aliphatic imine (C=N–C) groups is 1. The van der Waals surface area contributed by atoms with Gasteiger partial charge in [0.05, 0.1) is 26.0 Å². The van der Waals surface area contributed by atoms with Crippen molar-refractivity contribution in [1.29, 1.82) is 0 Å². The van der Waals surface area contributed by atoms with E-state index in [1.807, 2.05) is 56.3 Å². The van der Waals surface area contributed by atoms with Gasteiger partial charge in [-0.2, -0.15) is 10.1 Å². The van der Waals surface area contributed by atoms with Crippen molar-refractivity contribution in [3.05, 3.63) is 89.0 Å². The highest BCUT2D eigenvalue weighted by molar-refractivity contribution is 8.15. The highest BCUT2D eigenvalue weighted by Crippen LogP contribution is 2.40. The molecular weight excluding hydrogens is 512 g/mol. The first-order chi connectivity index (χ1) is 18.8. The van der Waals surface area contributed by atoms with E-state index in [4.69, 9.17) is 14.6 Å². The minimum absolute atomic E-state index is 0.0215. The van der Waals surface area contributed by atoms with Crippen molar-refractivity contribution < 1.29 is 19.1 Å². The summed E-state index contributed by atoms with van der Waals surface area (Å²) in [6.07, 6.45) is 0.604. The van der Waals surface area contributed by atoms with Gasteiger partial charge in [0.2, 0.25) is 5.91 Å². The number of thioether (sulfide) groups is 1. The van der Waals surface area contributed by atoms with Crippen LogP contribution >= 0.6 is 11.8 Å². The largest absolute Gasteiger partial charge is 0.497 e. The van der Waals surface area contributed by atoms with Gasteiger partial charge in [0.25, 0.3) is 5.91 Å². The lowest BCUT2D eigenvalue weighted by atomic mass is 9.97. The number of carbonyl (C=O) groups excluding carboxylic acids is 2. The molecule has 0 fully saturated rings. The van der Waals surface area contributed by atoms with E-state index in [-0.39, 0.29) is 24.3 Å². The summed E-state index contributed by atoms with van der Waals surface area (Å²) in [5.41, 5.74) is 5.63. The molecule has 0 saturated carbocycles. The minimum atomic E-state index is -0.616. The van der Waals surface area contributed by atoms with E-state index in [0.29, 0.717) is 28.8 Å². The Labute approximate surface area is 232 Å². The number of carbonyl (C=O) groups is 2. The molecule has 0 aromatic heterocycles. The zero-order chi connectivity index (χ0) is 27.5. The first-order valence-corrected chi connectivity index (χ1v) is 13.5. The SMILES string of the molecule is COc1ccc(OC)c(C2=NN(C3=NC(=O)[C@H](CC(=O)Nc4ccc(C)cc4)S3)[C@@H](c3ccc(C)cc3)C2)c1. The molecule has 0 saturated heterocycles. The van der Waals surface area contributed by atoms with Crippen molar-refractivity contribution in [2.45, 2.75) is 38.0 Å². The fraction of sp³-hybridized carbons (Fsp3) is 0.267. The number of aryl methyl sites for hydroxylation is 2. The number of hydrogen-bond donors (Lipinski definition) is 1. The molecule has 0 bridgehead atoms. The number of ether oxygens (including phenoxy) is 2. The summed E-state index contributed by atoms with van der Waals surface area (Å²) in [5, 5.41) is 9.48. The van der Waals surface area contributed by atoms with Gasteiger partial charge >= 0.3 is 0 Å². The average molecular weight is 543 g/mol. The summed E-state index contributed by atoms with van der Waals surface area (Å²) in [6.45, 7) is 4.03. The van der Waals surface area contributed by atoms with Crippen molar-refractivity contribution in [3.63, 3.8) is 0 Å². The lowest BCUT2D eigenvalue weighted by Gasteiger charge is -2.23. The third-order valence-corrected chi connectivity index (χ3v) is 7.86. The van der Waals surface area contributed by atoms with Crippen LogP contribution in [0.25, 0.3) is 0 Å². The molecule has 3 aromatic carbocycles. The van der Waals surface area contributed by atoms with Gasteiger partial charge in [-0.3, -0.25) is 9.59 Å². The van der Waals surface area contributed by atoms with Crippen LogP contribution in [0, 0.1) is 13.8 Å². The molecule has 0 aliphatic carbocycles. The van der Waals surface area contributed by atoms with Crippen LogP contribution in [0.3, 0.4) is 0 Å². The molecule has 2 heterocycles. The number of amides is 2. The van der Waals surface area contributed by atoms with Gasteiger partial charge in [0.15, 0.2) is 5.17 Å². The van der Waals surface area contributed by atoms with E-state index in [2.05, 4.69) is 34.6 Å². The van der Waals surface area contributed by atoms with Crippen molar-refractivity contribution in [1.82, 2.24) is 5.01 Å².